The van der Waals surface area contributed by atoms with Crippen molar-refractivity contribution in [2.75, 3.05) is 26.7 Å². The molecule has 1 aliphatic rings. The van der Waals surface area contributed by atoms with Crippen LogP contribution in [0.25, 0.3) is 0 Å². The number of rotatable bonds is 7. The first-order valence-corrected chi connectivity index (χ1v) is 9.70. The lowest BCUT2D eigenvalue weighted by molar-refractivity contribution is 0.238. The van der Waals surface area contributed by atoms with Gasteiger partial charge in [0.2, 0.25) is 0 Å². The monoisotopic (exact) mass is 394 g/mol. The van der Waals surface area contributed by atoms with Gasteiger partial charge in [0.1, 0.15) is 5.75 Å². The Hall–Kier alpha value is -0.880. The first kappa shape index (κ1) is 17.0. The molecule has 1 aliphatic heterocycles. The standard InChI is InChI=1S/C18H23BrN2OS/c1-22-15-6-4-14(5-7-15)17(21-10-2-3-11-21)13-20-12-16-8-9-18(19)23-16/h4-9,17,20H,2-3,10-13H2,1H3. The molecule has 2 heterocycles. The summed E-state index contributed by atoms with van der Waals surface area (Å²) in [7, 11) is 1.72. The molecule has 3 rings (SSSR count). The minimum atomic E-state index is 0.437. The topological polar surface area (TPSA) is 24.5 Å². The largest absolute Gasteiger partial charge is 0.497 e. The van der Waals surface area contributed by atoms with Crippen molar-refractivity contribution in [1.82, 2.24) is 10.2 Å². The predicted molar refractivity (Wildman–Crippen MR) is 100 cm³/mol. The zero-order chi connectivity index (χ0) is 16.1. The highest BCUT2D eigenvalue weighted by atomic mass is 79.9. The average Bonchev–Trinajstić information content (AvgIpc) is 3.24. The van der Waals surface area contributed by atoms with Crippen molar-refractivity contribution in [2.45, 2.75) is 25.4 Å². The van der Waals surface area contributed by atoms with Crippen molar-refractivity contribution >= 4 is 27.3 Å². The SMILES string of the molecule is COc1ccc(C(CNCc2ccc(Br)s2)N2CCCC2)cc1. The highest BCUT2D eigenvalue weighted by Crippen LogP contribution is 2.27. The number of halogens is 1. The number of thiophene rings is 1. The van der Waals surface area contributed by atoms with Crippen LogP contribution in [0, 0.1) is 0 Å². The van der Waals surface area contributed by atoms with E-state index in [2.05, 4.69) is 62.5 Å². The summed E-state index contributed by atoms with van der Waals surface area (Å²) in [5.41, 5.74) is 1.37. The summed E-state index contributed by atoms with van der Waals surface area (Å²) in [6.07, 6.45) is 2.62. The van der Waals surface area contributed by atoms with E-state index in [1.165, 1.54) is 40.2 Å². The molecule has 1 aromatic carbocycles. The number of benzene rings is 1. The zero-order valence-electron chi connectivity index (χ0n) is 13.4. The molecule has 1 saturated heterocycles. The van der Waals surface area contributed by atoms with Crippen LogP contribution < -0.4 is 10.1 Å². The van der Waals surface area contributed by atoms with Crippen LogP contribution in [0.4, 0.5) is 0 Å². The molecule has 1 aromatic heterocycles. The van der Waals surface area contributed by atoms with Gasteiger partial charge in [-0.2, -0.15) is 0 Å². The van der Waals surface area contributed by atoms with Gasteiger partial charge >= 0.3 is 0 Å². The average molecular weight is 395 g/mol. The maximum absolute atomic E-state index is 5.28. The lowest BCUT2D eigenvalue weighted by atomic mass is 10.1. The minimum Gasteiger partial charge on any atom is -0.497 e. The summed E-state index contributed by atoms with van der Waals surface area (Å²) < 4.78 is 6.48. The second kappa shape index (κ2) is 8.29. The molecule has 3 nitrogen and oxygen atoms in total. The van der Waals surface area contributed by atoms with Gasteiger partial charge in [0.15, 0.2) is 0 Å². The Kier molecular flexibility index (Phi) is 6.11. The fourth-order valence-electron chi connectivity index (χ4n) is 3.12. The molecule has 0 spiro atoms. The van der Waals surface area contributed by atoms with E-state index in [1.807, 2.05) is 0 Å². The molecule has 1 fully saturated rings. The Bertz CT molecular complexity index is 608. The van der Waals surface area contributed by atoms with Gasteiger partial charge < -0.3 is 10.1 Å². The predicted octanol–water partition coefficient (Wildman–Crippen LogP) is 4.45. The van der Waals surface area contributed by atoms with Crippen LogP contribution >= 0.6 is 27.3 Å². The molecule has 0 aliphatic carbocycles. The van der Waals surface area contributed by atoms with Gasteiger partial charge in [0, 0.05) is 24.0 Å². The summed E-state index contributed by atoms with van der Waals surface area (Å²) in [4.78, 5) is 3.96. The van der Waals surface area contributed by atoms with Crippen molar-refractivity contribution in [3.63, 3.8) is 0 Å². The molecule has 1 N–H and O–H groups in total. The third kappa shape index (κ3) is 4.57. The second-order valence-electron chi connectivity index (χ2n) is 5.87. The first-order chi connectivity index (χ1) is 11.3. The summed E-state index contributed by atoms with van der Waals surface area (Å²) >= 11 is 5.32. The molecule has 0 saturated carbocycles. The number of ether oxygens (including phenoxy) is 1. The molecule has 0 radical (unpaired) electrons. The van der Waals surface area contributed by atoms with E-state index in [-0.39, 0.29) is 0 Å². The Balaban J connectivity index is 1.65. The number of likely N-dealkylation sites (tertiary alicyclic amines) is 1. The second-order valence-corrected chi connectivity index (χ2v) is 8.42. The third-order valence-electron chi connectivity index (χ3n) is 4.35. The lowest BCUT2D eigenvalue weighted by Gasteiger charge is -2.28. The number of hydrogen-bond acceptors (Lipinski definition) is 4. The van der Waals surface area contributed by atoms with Crippen LogP contribution in [0.3, 0.4) is 0 Å². The van der Waals surface area contributed by atoms with E-state index in [0.29, 0.717) is 6.04 Å². The number of nitrogens with zero attached hydrogens (tertiary/aromatic N) is 1. The molecule has 23 heavy (non-hydrogen) atoms. The van der Waals surface area contributed by atoms with Gasteiger partial charge in [-0.3, -0.25) is 4.90 Å². The zero-order valence-corrected chi connectivity index (χ0v) is 15.8. The van der Waals surface area contributed by atoms with Crippen LogP contribution in [-0.2, 0) is 6.54 Å². The summed E-state index contributed by atoms with van der Waals surface area (Å²) in [5, 5.41) is 3.64. The highest BCUT2D eigenvalue weighted by Gasteiger charge is 2.23. The molecule has 0 amide bonds. The van der Waals surface area contributed by atoms with E-state index >= 15 is 0 Å². The molecular formula is C18H23BrN2OS. The molecule has 124 valence electrons. The molecule has 2 aromatic rings. The van der Waals surface area contributed by atoms with Crippen molar-refractivity contribution in [2.24, 2.45) is 0 Å². The van der Waals surface area contributed by atoms with Gasteiger partial charge in [0.25, 0.3) is 0 Å². The van der Waals surface area contributed by atoms with Gasteiger partial charge in [-0.05, 0) is 71.7 Å². The Morgan fingerprint density at radius 1 is 1.17 bits per heavy atom. The number of hydrogen-bond donors (Lipinski definition) is 1. The van der Waals surface area contributed by atoms with E-state index in [1.54, 1.807) is 18.4 Å². The van der Waals surface area contributed by atoms with Crippen LogP contribution in [-0.4, -0.2) is 31.6 Å². The summed E-state index contributed by atoms with van der Waals surface area (Å²) in [6, 6.07) is 13.3. The Morgan fingerprint density at radius 3 is 2.52 bits per heavy atom. The summed E-state index contributed by atoms with van der Waals surface area (Å²) in [5.74, 6) is 0.922. The summed E-state index contributed by atoms with van der Waals surface area (Å²) in [6.45, 7) is 4.30. The maximum atomic E-state index is 5.28. The van der Waals surface area contributed by atoms with Gasteiger partial charge in [-0.25, -0.2) is 0 Å². The maximum Gasteiger partial charge on any atom is 0.118 e. The van der Waals surface area contributed by atoms with Crippen molar-refractivity contribution in [3.8, 4) is 5.75 Å². The lowest BCUT2D eigenvalue weighted by Crippen LogP contribution is -2.33. The number of methoxy groups -OCH3 is 1. The van der Waals surface area contributed by atoms with E-state index < -0.39 is 0 Å². The minimum absolute atomic E-state index is 0.437. The van der Waals surface area contributed by atoms with E-state index in [9.17, 15) is 0 Å². The van der Waals surface area contributed by atoms with Crippen LogP contribution in [0.15, 0.2) is 40.2 Å². The molecule has 1 atom stereocenters. The van der Waals surface area contributed by atoms with Gasteiger partial charge in [-0.15, -0.1) is 11.3 Å². The van der Waals surface area contributed by atoms with Crippen LogP contribution in [0.1, 0.15) is 29.3 Å². The van der Waals surface area contributed by atoms with Crippen molar-refractivity contribution < 1.29 is 4.74 Å². The fraction of sp³-hybridized carbons (Fsp3) is 0.444. The quantitative estimate of drug-likeness (QED) is 0.750. The van der Waals surface area contributed by atoms with Crippen molar-refractivity contribution in [1.29, 1.82) is 0 Å². The third-order valence-corrected chi connectivity index (χ3v) is 5.97. The normalized spacial score (nSPS) is 16.6. The fourth-order valence-corrected chi connectivity index (χ4v) is 4.57. The van der Waals surface area contributed by atoms with Crippen LogP contribution in [0.5, 0.6) is 5.75 Å². The van der Waals surface area contributed by atoms with Crippen molar-refractivity contribution in [3.05, 3.63) is 50.6 Å². The molecule has 0 bridgehead atoms. The highest BCUT2D eigenvalue weighted by molar-refractivity contribution is 9.11. The smallest absolute Gasteiger partial charge is 0.118 e. The van der Waals surface area contributed by atoms with E-state index in [0.717, 1.165) is 18.8 Å². The Morgan fingerprint density at radius 2 is 1.91 bits per heavy atom. The molecule has 5 heteroatoms. The van der Waals surface area contributed by atoms with Gasteiger partial charge in [-0.1, -0.05) is 12.1 Å². The molecular weight excluding hydrogens is 372 g/mol. The van der Waals surface area contributed by atoms with Crippen LogP contribution in [0.2, 0.25) is 0 Å². The van der Waals surface area contributed by atoms with E-state index in [4.69, 9.17) is 4.74 Å². The first-order valence-electron chi connectivity index (χ1n) is 8.09. The number of nitrogens with one attached hydrogen (secondary N) is 1. The Labute approximate surface area is 150 Å². The van der Waals surface area contributed by atoms with Gasteiger partial charge in [0.05, 0.1) is 10.9 Å². The molecule has 1 unspecified atom stereocenters.